The molecule has 7 nitrogen and oxygen atoms in total. The van der Waals surface area contributed by atoms with Crippen molar-refractivity contribution in [1.29, 1.82) is 0 Å². The number of rotatable bonds is 8. The molecular formula is C16H21ClN2O5S. The van der Waals surface area contributed by atoms with Crippen molar-refractivity contribution in [3.05, 3.63) is 29.3 Å². The van der Waals surface area contributed by atoms with Crippen LogP contribution in [0.5, 0.6) is 0 Å². The van der Waals surface area contributed by atoms with Crippen molar-refractivity contribution in [2.75, 3.05) is 6.61 Å². The Hall–Kier alpha value is -1.64. The first-order chi connectivity index (χ1) is 11.7. The highest BCUT2D eigenvalue weighted by atomic mass is 35.5. The second-order valence-electron chi connectivity index (χ2n) is 6.25. The number of benzene rings is 1. The zero-order chi connectivity index (χ0) is 18.6. The summed E-state index contributed by atoms with van der Waals surface area (Å²) in [5.41, 5.74) is 0. The number of hydrogen-bond donors (Lipinski definition) is 2. The summed E-state index contributed by atoms with van der Waals surface area (Å²) in [4.78, 5) is 23.8. The van der Waals surface area contributed by atoms with Gasteiger partial charge in [0.1, 0.15) is 6.04 Å². The van der Waals surface area contributed by atoms with E-state index in [1.165, 1.54) is 24.3 Å². The molecule has 9 heteroatoms. The third-order valence-corrected chi connectivity index (χ3v) is 5.32. The monoisotopic (exact) mass is 388 g/mol. The Morgan fingerprint density at radius 3 is 2.36 bits per heavy atom. The van der Waals surface area contributed by atoms with Crippen molar-refractivity contribution in [2.24, 2.45) is 5.92 Å². The van der Waals surface area contributed by atoms with E-state index in [0.717, 1.165) is 12.8 Å². The molecule has 2 N–H and O–H groups in total. The van der Waals surface area contributed by atoms with E-state index in [0.29, 0.717) is 5.02 Å². The number of nitrogens with one attached hydrogen (secondary N) is 2. The zero-order valence-corrected chi connectivity index (χ0v) is 15.6. The molecule has 0 aliphatic heterocycles. The van der Waals surface area contributed by atoms with Crippen molar-refractivity contribution in [2.45, 2.75) is 43.7 Å². The zero-order valence-electron chi connectivity index (χ0n) is 14.0. The van der Waals surface area contributed by atoms with E-state index in [2.05, 4.69) is 10.0 Å². The van der Waals surface area contributed by atoms with Gasteiger partial charge in [-0.15, -0.1) is 0 Å². The minimum absolute atomic E-state index is 0.0122. The molecule has 0 radical (unpaired) electrons. The Labute approximate surface area is 152 Å². The Morgan fingerprint density at radius 1 is 1.24 bits per heavy atom. The van der Waals surface area contributed by atoms with Gasteiger partial charge in [0.2, 0.25) is 10.0 Å². The maximum absolute atomic E-state index is 12.4. The van der Waals surface area contributed by atoms with Gasteiger partial charge in [-0.2, -0.15) is 4.72 Å². The predicted molar refractivity (Wildman–Crippen MR) is 92.5 cm³/mol. The second-order valence-corrected chi connectivity index (χ2v) is 8.40. The van der Waals surface area contributed by atoms with Crippen LogP contribution in [-0.4, -0.2) is 39.0 Å². The summed E-state index contributed by atoms with van der Waals surface area (Å²) in [6.45, 7) is 2.93. The van der Waals surface area contributed by atoms with E-state index >= 15 is 0 Å². The van der Waals surface area contributed by atoms with Crippen molar-refractivity contribution >= 4 is 33.5 Å². The van der Waals surface area contributed by atoms with Gasteiger partial charge in [-0.25, -0.2) is 8.42 Å². The van der Waals surface area contributed by atoms with Gasteiger partial charge in [0.15, 0.2) is 6.61 Å². The Morgan fingerprint density at radius 2 is 1.84 bits per heavy atom. The van der Waals surface area contributed by atoms with Gasteiger partial charge in [0, 0.05) is 11.1 Å². The number of amides is 1. The van der Waals surface area contributed by atoms with E-state index in [9.17, 15) is 18.0 Å². The molecule has 25 heavy (non-hydrogen) atoms. The van der Waals surface area contributed by atoms with Crippen LogP contribution in [0.1, 0.15) is 26.7 Å². The van der Waals surface area contributed by atoms with Crippen LogP contribution < -0.4 is 10.0 Å². The molecule has 138 valence electrons. The van der Waals surface area contributed by atoms with Crippen molar-refractivity contribution in [3.63, 3.8) is 0 Å². The summed E-state index contributed by atoms with van der Waals surface area (Å²) in [5, 5.41) is 3.09. The molecule has 1 saturated carbocycles. The molecule has 1 aromatic rings. The first-order valence-corrected chi connectivity index (χ1v) is 9.79. The number of sulfonamides is 1. The molecule has 0 bridgehead atoms. The molecule has 2 rings (SSSR count). The highest BCUT2D eigenvalue weighted by Crippen LogP contribution is 2.18. The van der Waals surface area contributed by atoms with Crippen LogP contribution in [0, 0.1) is 5.92 Å². The molecule has 0 heterocycles. The van der Waals surface area contributed by atoms with Gasteiger partial charge in [-0.3, -0.25) is 9.59 Å². The van der Waals surface area contributed by atoms with Gasteiger partial charge < -0.3 is 10.1 Å². The Kier molecular flexibility index (Phi) is 6.42. The summed E-state index contributed by atoms with van der Waals surface area (Å²) >= 11 is 5.75. The van der Waals surface area contributed by atoms with Crippen LogP contribution >= 0.6 is 11.6 Å². The van der Waals surface area contributed by atoms with Crippen molar-refractivity contribution in [1.82, 2.24) is 10.0 Å². The maximum atomic E-state index is 12.4. The first-order valence-electron chi connectivity index (χ1n) is 7.93. The molecule has 0 aromatic heterocycles. The number of esters is 1. The van der Waals surface area contributed by atoms with Crippen LogP contribution in [0.15, 0.2) is 29.2 Å². The van der Waals surface area contributed by atoms with Crippen LogP contribution in [0.4, 0.5) is 0 Å². The third kappa shape index (κ3) is 5.98. The standard InChI is InChI=1S/C16H21ClN2O5S/c1-10(2)15(16(21)24-9-14(20)18-12-5-6-12)19-25(22,23)13-7-3-11(17)4-8-13/h3-4,7-8,10,12,15,19H,5-6,9H2,1-2H3,(H,18,20). The lowest BCUT2D eigenvalue weighted by Gasteiger charge is -2.20. The summed E-state index contributed by atoms with van der Waals surface area (Å²) in [7, 11) is -3.92. The van der Waals surface area contributed by atoms with Crippen LogP contribution in [-0.2, 0) is 24.3 Å². The maximum Gasteiger partial charge on any atom is 0.324 e. The predicted octanol–water partition coefficient (Wildman–Crippen LogP) is 1.46. The number of carbonyl (C=O) groups excluding carboxylic acids is 2. The fourth-order valence-corrected chi connectivity index (χ4v) is 3.49. The van der Waals surface area contributed by atoms with Crippen molar-refractivity contribution in [3.8, 4) is 0 Å². The lowest BCUT2D eigenvalue weighted by Crippen LogP contribution is -2.46. The highest BCUT2D eigenvalue weighted by Gasteiger charge is 2.30. The normalized spacial score (nSPS) is 15.7. The smallest absolute Gasteiger partial charge is 0.324 e. The Bertz CT molecular complexity index is 729. The highest BCUT2D eigenvalue weighted by molar-refractivity contribution is 7.89. The molecule has 1 unspecified atom stereocenters. The molecule has 0 spiro atoms. The minimum atomic E-state index is -3.92. The SMILES string of the molecule is CC(C)C(NS(=O)(=O)c1ccc(Cl)cc1)C(=O)OCC(=O)NC1CC1. The first kappa shape index (κ1) is 19.7. The molecule has 1 aromatic carbocycles. The lowest BCUT2D eigenvalue weighted by atomic mass is 10.1. The second kappa shape index (κ2) is 8.16. The molecule has 1 atom stereocenters. The van der Waals surface area contributed by atoms with Gasteiger partial charge in [-0.05, 0) is 43.0 Å². The van der Waals surface area contributed by atoms with Crippen molar-refractivity contribution < 1.29 is 22.7 Å². The Balaban J connectivity index is 1.99. The topological polar surface area (TPSA) is 102 Å². The van der Waals surface area contributed by atoms with Gasteiger partial charge >= 0.3 is 5.97 Å². The van der Waals surface area contributed by atoms with E-state index in [1.54, 1.807) is 13.8 Å². The molecule has 1 aliphatic rings. The van der Waals surface area contributed by atoms with Crippen LogP contribution in [0.2, 0.25) is 5.02 Å². The fraction of sp³-hybridized carbons (Fsp3) is 0.500. The van der Waals surface area contributed by atoms with Crippen LogP contribution in [0.3, 0.4) is 0 Å². The molecule has 0 saturated heterocycles. The van der Waals surface area contributed by atoms with Gasteiger partial charge in [0.05, 0.1) is 4.90 Å². The lowest BCUT2D eigenvalue weighted by molar-refractivity contribution is -0.151. The van der Waals surface area contributed by atoms with E-state index < -0.39 is 28.6 Å². The fourth-order valence-electron chi connectivity index (χ4n) is 2.03. The average Bonchev–Trinajstić information content (AvgIpc) is 3.34. The van der Waals surface area contributed by atoms with Gasteiger partial charge in [0.25, 0.3) is 5.91 Å². The van der Waals surface area contributed by atoms with E-state index in [4.69, 9.17) is 16.3 Å². The number of hydrogen-bond acceptors (Lipinski definition) is 5. The number of ether oxygens (including phenoxy) is 1. The quantitative estimate of drug-likeness (QED) is 0.656. The molecule has 1 amide bonds. The largest absolute Gasteiger partial charge is 0.454 e. The number of carbonyl (C=O) groups is 2. The molecule has 1 fully saturated rings. The molecular weight excluding hydrogens is 368 g/mol. The number of halogens is 1. The molecule has 1 aliphatic carbocycles. The van der Waals surface area contributed by atoms with E-state index in [-0.39, 0.29) is 22.8 Å². The summed E-state index contributed by atoms with van der Waals surface area (Å²) < 4.78 is 32.1. The summed E-state index contributed by atoms with van der Waals surface area (Å²) in [6, 6.07) is 4.64. The summed E-state index contributed by atoms with van der Waals surface area (Å²) in [5.74, 6) is -1.54. The minimum Gasteiger partial charge on any atom is -0.454 e. The van der Waals surface area contributed by atoms with E-state index in [1.807, 2.05) is 0 Å². The average molecular weight is 389 g/mol. The van der Waals surface area contributed by atoms with Gasteiger partial charge in [-0.1, -0.05) is 25.4 Å². The summed E-state index contributed by atoms with van der Waals surface area (Å²) in [6.07, 6.45) is 1.85. The van der Waals surface area contributed by atoms with Crippen LogP contribution in [0.25, 0.3) is 0 Å². The third-order valence-electron chi connectivity index (χ3n) is 3.61.